The number of nitrogens with zero attached hydrogens (tertiary/aromatic N) is 1. The fourth-order valence-electron chi connectivity index (χ4n) is 2.92. The number of likely N-dealkylation sites (tertiary alicyclic amines) is 1. The minimum atomic E-state index is -0.410. The molecule has 2 heterocycles. The van der Waals surface area contributed by atoms with Crippen LogP contribution in [0.2, 0.25) is 0 Å². The number of rotatable bonds is 4. The first-order valence-electron chi connectivity index (χ1n) is 7.72. The summed E-state index contributed by atoms with van der Waals surface area (Å²) >= 11 is 3.41. The van der Waals surface area contributed by atoms with Crippen molar-refractivity contribution in [3.63, 3.8) is 0 Å². The number of hydrogen-bond donors (Lipinski definition) is 1. The zero-order valence-corrected chi connectivity index (χ0v) is 14.1. The highest BCUT2D eigenvalue weighted by atomic mass is 79.9. The summed E-state index contributed by atoms with van der Waals surface area (Å²) in [6, 6.07) is 7.95. The van der Waals surface area contributed by atoms with Crippen molar-refractivity contribution >= 4 is 27.5 Å². The molecule has 0 aromatic heterocycles. The molecule has 3 rings (SSSR count). The molecule has 0 unspecified atom stereocenters. The average molecular weight is 369 g/mol. The van der Waals surface area contributed by atoms with Crippen LogP contribution in [0.15, 0.2) is 28.7 Å². The van der Waals surface area contributed by atoms with Crippen LogP contribution in [0.25, 0.3) is 0 Å². The molecule has 120 valence electrons. The molecule has 0 atom stereocenters. The number of halogens is 1. The summed E-state index contributed by atoms with van der Waals surface area (Å²) in [5, 5.41) is 3.27. The van der Waals surface area contributed by atoms with E-state index in [0.717, 1.165) is 36.1 Å². The molecular weight excluding hydrogens is 348 g/mol. The lowest BCUT2D eigenvalue weighted by molar-refractivity contribution is -0.187. The third-order valence-corrected chi connectivity index (χ3v) is 4.73. The van der Waals surface area contributed by atoms with E-state index in [1.807, 2.05) is 29.2 Å². The molecule has 2 aliphatic rings. The minimum Gasteiger partial charge on any atom is -0.385 e. The summed E-state index contributed by atoms with van der Waals surface area (Å²) < 4.78 is 12.4. The van der Waals surface area contributed by atoms with Crippen molar-refractivity contribution in [3.8, 4) is 0 Å². The van der Waals surface area contributed by atoms with Crippen LogP contribution >= 0.6 is 15.9 Å². The third kappa shape index (κ3) is 3.80. The van der Waals surface area contributed by atoms with Gasteiger partial charge in [0, 0.05) is 49.1 Å². The van der Waals surface area contributed by atoms with Gasteiger partial charge in [0.1, 0.15) is 0 Å². The Hall–Kier alpha value is -1.11. The molecule has 5 nitrogen and oxygen atoms in total. The maximum atomic E-state index is 12.2. The van der Waals surface area contributed by atoms with Crippen molar-refractivity contribution in [2.45, 2.75) is 25.0 Å². The Balaban J connectivity index is 1.40. The van der Waals surface area contributed by atoms with E-state index in [2.05, 4.69) is 21.2 Å². The van der Waals surface area contributed by atoms with Crippen LogP contribution in [0.4, 0.5) is 5.69 Å². The fourth-order valence-corrected chi connectivity index (χ4v) is 3.19. The average Bonchev–Trinajstić information content (AvgIpc) is 2.98. The van der Waals surface area contributed by atoms with Crippen LogP contribution < -0.4 is 5.32 Å². The van der Waals surface area contributed by atoms with Crippen LogP contribution in [-0.4, -0.2) is 49.4 Å². The van der Waals surface area contributed by atoms with Crippen molar-refractivity contribution in [1.82, 2.24) is 4.90 Å². The van der Waals surface area contributed by atoms with Crippen molar-refractivity contribution in [3.05, 3.63) is 28.7 Å². The van der Waals surface area contributed by atoms with E-state index in [9.17, 15) is 4.79 Å². The Labute approximate surface area is 139 Å². The molecule has 0 bridgehead atoms. The number of anilines is 1. The normalized spacial score (nSPS) is 20.3. The lowest BCUT2D eigenvalue weighted by atomic mass is 10.0. The molecule has 1 amide bonds. The highest BCUT2D eigenvalue weighted by molar-refractivity contribution is 9.10. The lowest BCUT2D eigenvalue weighted by Gasteiger charge is -2.37. The van der Waals surface area contributed by atoms with E-state index >= 15 is 0 Å². The van der Waals surface area contributed by atoms with E-state index in [1.165, 1.54) is 0 Å². The highest BCUT2D eigenvalue weighted by Gasteiger charge is 2.40. The SMILES string of the molecule is O=C(CCNc1ccc(Br)cc1)N1CCC2(CC1)OCCO2. The van der Waals surface area contributed by atoms with Gasteiger partial charge in [0.15, 0.2) is 5.79 Å². The van der Waals surface area contributed by atoms with E-state index in [0.29, 0.717) is 26.2 Å². The summed E-state index contributed by atoms with van der Waals surface area (Å²) in [5.41, 5.74) is 1.03. The Kier molecular flexibility index (Phi) is 5.00. The quantitative estimate of drug-likeness (QED) is 0.887. The van der Waals surface area contributed by atoms with Crippen molar-refractivity contribution in [2.75, 3.05) is 38.2 Å². The standard InChI is InChI=1S/C16H21BrN2O3/c17-13-1-3-14(4-2-13)18-8-5-15(20)19-9-6-16(7-10-19)21-11-12-22-16/h1-4,18H,5-12H2. The van der Waals surface area contributed by atoms with Gasteiger partial charge in [-0.05, 0) is 24.3 Å². The van der Waals surface area contributed by atoms with E-state index < -0.39 is 5.79 Å². The van der Waals surface area contributed by atoms with Gasteiger partial charge in [-0.15, -0.1) is 0 Å². The second kappa shape index (κ2) is 6.98. The molecular formula is C16H21BrN2O3. The summed E-state index contributed by atoms with van der Waals surface area (Å²) in [5.74, 6) is -0.218. The number of carbonyl (C=O) groups excluding carboxylic acids is 1. The van der Waals surface area contributed by atoms with Gasteiger partial charge in [0.2, 0.25) is 5.91 Å². The predicted octanol–water partition coefficient (Wildman–Crippen LogP) is 2.62. The molecule has 1 aromatic carbocycles. The Morgan fingerprint density at radius 1 is 1.18 bits per heavy atom. The van der Waals surface area contributed by atoms with Gasteiger partial charge < -0.3 is 19.7 Å². The van der Waals surface area contributed by atoms with Gasteiger partial charge >= 0.3 is 0 Å². The van der Waals surface area contributed by atoms with E-state index in [1.54, 1.807) is 0 Å². The summed E-state index contributed by atoms with van der Waals surface area (Å²) in [6.45, 7) is 3.43. The van der Waals surface area contributed by atoms with Gasteiger partial charge in [-0.3, -0.25) is 4.79 Å². The van der Waals surface area contributed by atoms with Gasteiger partial charge in [-0.2, -0.15) is 0 Å². The molecule has 2 aliphatic heterocycles. The maximum Gasteiger partial charge on any atom is 0.224 e. The number of hydrogen-bond acceptors (Lipinski definition) is 4. The van der Waals surface area contributed by atoms with Crippen molar-refractivity contribution < 1.29 is 14.3 Å². The van der Waals surface area contributed by atoms with Crippen LogP contribution in [0.1, 0.15) is 19.3 Å². The first-order chi connectivity index (χ1) is 10.7. The third-order valence-electron chi connectivity index (χ3n) is 4.20. The summed E-state index contributed by atoms with van der Waals surface area (Å²) in [6.07, 6.45) is 2.06. The first kappa shape index (κ1) is 15.8. The highest BCUT2D eigenvalue weighted by Crippen LogP contribution is 2.31. The first-order valence-corrected chi connectivity index (χ1v) is 8.51. The molecule has 1 aromatic rings. The number of benzene rings is 1. The second-order valence-corrected chi connectivity index (χ2v) is 6.59. The number of carbonyl (C=O) groups is 1. The Morgan fingerprint density at radius 3 is 2.45 bits per heavy atom. The lowest BCUT2D eigenvalue weighted by Crippen LogP contribution is -2.47. The van der Waals surface area contributed by atoms with Gasteiger partial charge in [0.05, 0.1) is 13.2 Å². The van der Waals surface area contributed by atoms with Crippen LogP contribution in [0.3, 0.4) is 0 Å². The van der Waals surface area contributed by atoms with Crippen LogP contribution in [-0.2, 0) is 14.3 Å². The molecule has 0 saturated carbocycles. The van der Waals surface area contributed by atoms with Gasteiger partial charge in [-0.25, -0.2) is 0 Å². The molecule has 1 N–H and O–H groups in total. The van der Waals surface area contributed by atoms with Crippen molar-refractivity contribution in [2.24, 2.45) is 0 Å². The Bertz CT molecular complexity index is 505. The second-order valence-electron chi connectivity index (χ2n) is 5.67. The number of piperidine rings is 1. The van der Waals surface area contributed by atoms with Gasteiger partial charge in [-0.1, -0.05) is 15.9 Å². The zero-order valence-electron chi connectivity index (χ0n) is 12.5. The maximum absolute atomic E-state index is 12.2. The van der Waals surface area contributed by atoms with Crippen LogP contribution in [0.5, 0.6) is 0 Å². The molecule has 1 spiro atoms. The van der Waals surface area contributed by atoms with Gasteiger partial charge in [0.25, 0.3) is 0 Å². The largest absolute Gasteiger partial charge is 0.385 e. The Morgan fingerprint density at radius 2 is 1.82 bits per heavy atom. The summed E-state index contributed by atoms with van der Waals surface area (Å²) in [4.78, 5) is 14.2. The molecule has 0 radical (unpaired) electrons. The molecule has 6 heteroatoms. The molecule has 2 fully saturated rings. The molecule has 2 saturated heterocycles. The predicted molar refractivity (Wildman–Crippen MR) is 87.7 cm³/mol. The number of nitrogens with one attached hydrogen (secondary N) is 1. The van der Waals surface area contributed by atoms with Crippen molar-refractivity contribution in [1.29, 1.82) is 0 Å². The molecule has 0 aliphatic carbocycles. The number of ether oxygens (including phenoxy) is 2. The van der Waals surface area contributed by atoms with E-state index in [4.69, 9.17) is 9.47 Å². The smallest absolute Gasteiger partial charge is 0.224 e. The van der Waals surface area contributed by atoms with E-state index in [-0.39, 0.29) is 5.91 Å². The topological polar surface area (TPSA) is 50.8 Å². The minimum absolute atomic E-state index is 0.192. The number of amides is 1. The molecule has 22 heavy (non-hydrogen) atoms. The van der Waals surface area contributed by atoms with Crippen LogP contribution in [0, 0.1) is 0 Å². The monoisotopic (exact) mass is 368 g/mol. The summed E-state index contributed by atoms with van der Waals surface area (Å²) in [7, 11) is 0. The zero-order chi connectivity index (χ0) is 15.4. The fraction of sp³-hybridized carbons (Fsp3) is 0.562.